The van der Waals surface area contributed by atoms with Crippen LogP contribution in [0.15, 0.2) is 23.1 Å². The molecule has 2 rings (SSSR count). The SMILES string of the molecule is CCC1(CNC(=O)c2ccc(S(N)(=O)=O)cc2N)CCC1. The van der Waals surface area contributed by atoms with Crippen molar-refractivity contribution in [3.63, 3.8) is 0 Å². The standard InChI is InChI=1S/C14H21N3O3S/c1-2-14(6-3-7-14)9-17-13(18)11-5-4-10(8-12(11)15)21(16,19)20/h4-5,8H,2-3,6-7,9,15H2,1H3,(H,17,18)(H2,16,19,20). The van der Waals surface area contributed by atoms with E-state index in [-0.39, 0.29) is 27.5 Å². The van der Waals surface area contributed by atoms with Crippen LogP contribution in [0, 0.1) is 5.41 Å². The molecule has 6 nitrogen and oxygen atoms in total. The Hall–Kier alpha value is -1.60. The zero-order chi connectivity index (χ0) is 15.7. The van der Waals surface area contributed by atoms with Gasteiger partial charge in [-0.2, -0.15) is 0 Å². The molecule has 1 aliphatic carbocycles. The number of benzene rings is 1. The molecule has 1 amide bonds. The van der Waals surface area contributed by atoms with Crippen LogP contribution >= 0.6 is 0 Å². The summed E-state index contributed by atoms with van der Waals surface area (Å²) in [7, 11) is -3.81. The van der Waals surface area contributed by atoms with E-state index in [4.69, 9.17) is 10.9 Å². The molecular formula is C14H21N3O3S. The van der Waals surface area contributed by atoms with Crippen LogP contribution in [0.2, 0.25) is 0 Å². The topological polar surface area (TPSA) is 115 Å². The highest BCUT2D eigenvalue weighted by molar-refractivity contribution is 7.89. The van der Waals surface area contributed by atoms with Crippen LogP contribution in [0.4, 0.5) is 5.69 Å². The quantitative estimate of drug-likeness (QED) is 0.709. The Morgan fingerprint density at radius 1 is 1.38 bits per heavy atom. The van der Waals surface area contributed by atoms with Crippen molar-refractivity contribution in [2.45, 2.75) is 37.5 Å². The van der Waals surface area contributed by atoms with Gasteiger partial charge < -0.3 is 11.1 Å². The summed E-state index contributed by atoms with van der Waals surface area (Å²) in [5, 5.41) is 7.92. The van der Waals surface area contributed by atoms with Crippen molar-refractivity contribution in [2.24, 2.45) is 10.6 Å². The van der Waals surface area contributed by atoms with Gasteiger partial charge >= 0.3 is 0 Å². The average molecular weight is 311 g/mol. The van der Waals surface area contributed by atoms with Crippen molar-refractivity contribution >= 4 is 21.6 Å². The van der Waals surface area contributed by atoms with Gasteiger partial charge in [0.2, 0.25) is 10.0 Å². The van der Waals surface area contributed by atoms with Gasteiger partial charge in [0.1, 0.15) is 0 Å². The predicted octanol–water partition coefficient (Wildman–Crippen LogP) is 1.23. The fourth-order valence-electron chi connectivity index (χ4n) is 2.62. The summed E-state index contributed by atoms with van der Waals surface area (Å²) in [6.45, 7) is 2.75. The first-order valence-electron chi connectivity index (χ1n) is 6.98. The van der Waals surface area contributed by atoms with Gasteiger partial charge in [0.25, 0.3) is 5.91 Å². The molecular weight excluding hydrogens is 290 g/mol. The van der Waals surface area contributed by atoms with Crippen LogP contribution in [-0.4, -0.2) is 20.9 Å². The Kier molecular flexibility index (Phi) is 4.25. The molecule has 0 unspecified atom stereocenters. The zero-order valence-corrected chi connectivity index (χ0v) is 12.9. The molecule has 21 heavy (non-hydrogen) atoms. The lowest BCUT2D eigenvalue weighted by Gasteiger charge is -2.41. The summed E-state index contributed by atoms with van der Waals surface area (Å²) in [4.78, 5) is 12.1. The molecule has 0 aromatic heterocycles. The number of hydrogen-bond acceptors (Lipinski definition) is 4. The van der Waals surface area contributed by atoms with Crippen LogP contribution < -0.4 is 16.2 Å². The number of sulfonamides is 1. The van der Waals surface area contributed by atoms with Crippen molar-refractivity contribution < 1.29 is 13.2 Å². The molecule has 1 fully saturated rings. The minimum absolute atomic E-state index is 0.0967. The molecule has 0 atom stereocenters. The van der Waals surface area contributed by atoms with E-state index in [1.54, 1.807) is 0 Å². The lowest BCUT2D eigenvalue weighted by molar-refractivity contribution is 0.0851. The monoisotopic (exact) mass is 311 g/mol. The third-order valence-electron chi connectivity index (χ3n) is 4.38. The average Bonchev–Trinajstić information content (AvgIpc) is 2.36. The molecule has 1 aromatic rings. The number of hydrogen-bond donors (Lipinski definition) is 3. The van der Waals surface area contributed by atoms with Gasteiger partial charge in [0.05, 0.1) is 10.5 Å². The molecule has 1 saturated carbocycles. The van der Waals surface area contributed by atoms with Gasteiger partial charge in [0.15, 0.2) is 0 Å². The zero-order valence-electron chi connectivity index (χ0n) is 12.1. The molecule has 1 aliphatic rings. The molecule has 1 aromatic carbocycles. The summed E-state index contributed by atoms with van der Waals surface area (Å²) >= 11 is 0. The Morgan fingerprint density at radius 2 is 2.05 bits per heavy atom. The number of amides is 1. The summed E-state index contributed by atoms with van der Waals surface area (Å²) in [6.07, 6.45) is 4.50. The third kappa shape index (κ3) is 3.36. The first kappa shape index (κ1) is 15.8. The maximum absolute atomic E-state index is 12.2. The number of nitrogens with one attached hydrogen (secondary N) is 1. The predicted molar refractivity (Wildman–Crippen MR) is 81.1 cm³/mol. The highest BCUT2D eigenvalue weighted by Crippen LogP contribution is 2.43. The van der Waals surface area contributed by atoms with E-state index in [0.29, 0.717) is 6.54 Å². The van der Waals surface area contributed by atoms with Gasteiger partial charge in [-0.05, 0) is 42.9 Å². The van der Waals surface area contributed by atoms with E-state index in [0.717, 1.165) is 19.3 Å². The highest BCUT2D eigenvalue weighted by Gasteiger charge is 2.35. The van der Waals surface area contributed by atoms with Crippen LogP contribution in [-0.2, 0) is 10.0 Å². The fourth-order valence-corrected chi connectivity index (χ4v) is 3.17. The van der Waals surface area contributed by atoms with Crippen LogP contribution in [0.1, 0.15) is 43.0 Å². The smallest absolute Gasteiger partial charge is 0.253 e. The van der Waals surface area contributed by atoms with Crippen molar-refractivity contribution in [3.8, 4) is 0 Å². The molecule has 0 spiro atoms. The Bertz CT molecular complexity index is 646. The minimum Gasteiger partial charge on any atom is -0.398 e. The number of anilines is 1. The number of carbonyl (C=O) groups excluding carboxylic acids is 1. The largest absolute Gasteiger partial charge is 0.398 e. The minimum atomic E-state index is -3.81. The fraction of sp³-hybridized carbons (Fsp3) is 0.500. The van der Waals surface area contributed by atoms with Gasteiger partial charge in [-0.3, -0.25) is 4.79 Å². The van der Waals surface area contributed by atoms with Crippen molar-refractivity contribution in [1.82, 2.24) is 5.32 Å². The third-order valence-corrected chi connectivity index (χ3v) is 5.30. The second kappa shape index (κ2) is 5.65. The summed E-state index contributed by atoms with van der Waals surface area (Å²) < 4.78 is 22.5. The van der Waals surface area contributed by atoms with Crippen LogP contribution in [0.25, 0.3) is 0 Å². The highest BCUT2D eigenvalue weighted by atomic mass is 32.2. The Labute approximate surface area is 124 Å². The molecule has 116 valence electrons. The molecule has 0 radical (unpaired) electrons. The van der Waals surface area contributed by atoms with E-state index in [1.807, 2.05) is 0 Å². The second-order valence-corrected chi connectivity index (χ2v) is 7.25. The first-order chi connectivity index (χ1) is 9.77. The molecule has 7 heteroatoms. The van der Waals surface area contributed by atoms with E-state index in [2.05, 4.69) is 12.2 Å². The molecule has 0 bridgehead atoms. The Balaban J connectivity index is 2.09. The number of nitrogen functional groups attached to an aromatic ring is 1. The maximum atomic E-state index is 12.2. The lowest BCUT2D eigenvalue weighted by Crippen LogP contribution is -2.41. The maximum Gasteiger partial charge on any atom is 0.253 e. The van der Waals surface area contributed by atoms with Gasteiger partial charge in [-0.15, -0.1) is 0 Å². The van der Waals surface area contributed by atoms with Crippen LogP contribution in [0.3, 0.4) is 0 Å². The lowest BCUT2D eigenvalue weighted by atomic mass is 9.67. The van der Waals surface area contributed by atoms with E-state index < -0.39 is 10.0 Å². The normalized spacial score (nSPS) is 17.0. The second-order valence-electron chi connectivity index (χ2n) is 5.68. The van der Waals surface area contributed by atoms with E-state index >= 15 is 0 Å². The number of rotatable bonds is 5. The van der Waals surface area contributed by atoms with Gasteiger partial charge in [-0.25, -0.2) is 13.6 Å². The molecule has 0 aliphatic heterocycles. The Morgan fingerprint density at radius 3 is 2.48 bits per heavy atom. The molecule has 0 saturated heterocycles. The summed E-state index contributed by atoms with van der Waals surface area (Å²) in [6, 6.07) is 3.90. The van der Waals surface area contributed by atoms with Crippen molar-refractivity contribution in [3.05, 3.63) is 23.8 Å². The summed E-state index contributed by atoms with van der Waals surface area (Å²) in [5.74, 6) is -0.284. The van der Waals surface area contributed by atoms with E-state index in [1.165, 1.54) is 24.6 Å². The van der Waals surface area contributed by atoms with Crippen molar-refractivity contribution in [1.29, 1.82) is 0 Å². The first-order valence-corrected chi connectivity index (χ1v) is 8.53. The molecule has 5 N–H and O–H groups in total. The molecule has 0 heterocycles. The summed E-state index contributed by atoms with van der Waals surface area (Å²) in [5.41, 5.74) is 6.35. The van der Waals surface area contributed by atoms with Crippen LogP contribution in [0.5, 0.6) is 0 Å². The van der Waals surface area contributed by atoms with Gasteiger partial charge in [0, 0.05) is 12.2 Å². The van der Waals surface area contributed by atoms with Gasteiger partial charge in [-0.1, -0.05) is 13.3 Å². The number of carbonyl (C=O) groups is 1. The van der Waals surface area contributed by atoms with E-state index in [9.17, 15) is 13.2 Å². The number of nitrogens with two attached hydrogens (primary N) is 2. The van der Waals surface area contributed by atoms with Crippen molar-refractivity contribution in [2.75, 3.05) is 12.3 Å². The number of primary sulfonamides is 1.